The third-order valence-electron chi connectivity index (χ3n) is 7.06. The molecule has 3 amide bonds. The van der Waals surface area contributed by atoms with Gasteiger partial charge in [-0.3, -0.25) is 19.3 Å². The Morgan fingerprint density at radius 3 is 2.26 bits per heavy atom. The van der Waals surface area contributed by atoms with Crippen LogP contribution in [-0.4, -0.2) is 63.3 Å². The lowest BCUT2D eigenvalue weighted by atomic mass is 9.97. The van der Waals surface area contributed by atoms with Gasteiger partial charge >= 0.3 is 8.80 Å². The van der Waals surface area contributed by atoms with Crippen molar-refractivity contribution in [3.8, 4) is 0 Å². The highest BCUT2D eigenvalue weighted by molar-refractivity contribution is 6.61. The maximum atomic E-state index is 12.2. The summed E-state index contributed by atoms with van der Waals surface area (Å²) in [4.78, 5) is 36.8. The molecule has 8 nitrogen and oxygen atoms in total. The van der Waals surface area contributed by atoms with Crippen LogP contribution in [0.5, 0.6) is 0 Å². The molecule has 3 fully saturated rings. The Balaban J connectivity index is 1.33. The summed E-state index contributed by atoms with van der Waals surface area (Å²) in [5.74, 6) is -0.0883. The summed E-state index contributed by atoms with van der Waals surface area (Å²) in [5, 5.41) is 3.02. The van der Waals surface area contributed by atoms with Crippen molar-refractivity contribution in [2.24, 2.45) is 0 Å². The fourth-order valence-corrected chi connectivity index (χ4v) is 8.32. The maximum absolute atomic E-state index is 12.2. The first-order chi connectivity index (χ1) is 16.5. The van der Waals surface area contributed by atoms with Crippen LogP contribution in [0.3, 0.4) is 0 Å². The van der Waals surface area contributed by atoms with E-state index in [-0.39, 0.29) is 29.9 Å². The van der Waals surface area contributed by atoms with Crippen molar-refractivity contribution in [3.63, 3.8) is 0 Å². The summed E-state index contributed by atoms with van der Waals surface area (Å²) in [7, 11) is -2.72. The third kappa shape index (κ3) is 8.73. The van der Waals surface area contributed by atoms with E-state index < -0.39 is 8.80 Å². The summed E-state index contributed by atoms with van der Waals surface area (Å²) < 4.78 is 19.2. The van der Waals surface area contributed by atoms with E-state index in [1.807, 2.05) is 6.92 Å². The highest BCUT2D eigenvalue weighted by Gasteiger charge is 2.48. The van der Waals surface area contributed by atoms with Gasteiger partial charge in [-0.25, -0.2) is 0 Å². The molecule has 2 unspecified atom stereocenters. The minimum absolute atomic E-state index is 0.0452. The van der Waals surface area contributed by atoms with E-state index in [0.717, 1.165) is 51.0 Å². The lowest BCUT2D eigenvalue weighted by Gasteiger charge is -2.42. The van der Waals surface area contributed by atoms with Gasteiger partial charge in [0.2, 0.25) is 17.7 Å². The van der Waals surface area contributed by atoms with E-state index >= 15 is 0 Å². The number of likely N-dealkylation sites (tertiary alicyclic amines) is 1. The molecule has 2 atom stereocenters. The molecule has 2 aliphatic heterocycles. The molecule has 2 saturated heterocycles. The number of fused-ring (bicyclic) bond motifs is 2. The largest absolute Gasteiger partial charge is 0.501 e. The van der Waals surface area contributed by atoms with Crippen molar-refractivity contribution in [2.45, 2.75) is 121 Å². The Morgan fingerprint density at radius 2 is 1.62 bits per heavy atom. The second-order valence-corrected chi connectivity index (χ2v) is 12.5. The van der Waals surface area contributed by atoms with E-state index in [1.165, 1.54) is 37.0 Å². The van der Waals surface area contributed by atoms with Crippen LogP contribution < -0.4 is 5.32 Å². The summed E-state index contributed by atoms with van der Waals surface area (Å²) in [6, 6.07) is 0.742. The number of imide groups is 1. The Morgan fingerprint density at radius 1 is 0.971 bits per heavy atom. The van der Waals surface area contributed by atoms with Crippen molar-refractivity contribution in [1.82, 2.24) is 10.2 Å². The predicted molar refractivity (Wildman–Crippen MR) is 131 cm³/mol. The molecular formula is C25H44N2O6Si. The van der Waals surface area contributed by atoms with Gasteiger partial charge in [0.1, 0.15) is 0 Å². The molecular weight excluding hydrogens is 452 g/mol. The van der Waals surface area contributed by atoms with Crippen molar-refractivity contribution in [2.75, 3.05) is 19.7 Å². The number of rotatable bonds is 12. The number of unbranched alkanes of at least 4 members (excludes halogenated alkanes) is 2. The molecule has 0 aromatic carbocycles. The van der Waals surface area contributed by atoms with Gasteiger partial charge in [-0.15, -0.1) is 0 Å². The Hall–Kier alpha value is -1.29. The van der Waals surface area contributed by atoms with Crippen molar-refractivity contribution in [1.29, 1.82) is 0 Å². The van der Waals surface area contributed by atoms with E-state index in [4.69, 9.17) is 13.3 Å². The van der Waals surface area contributed by atoms with Crippen LogP contribution in [0.25, 0.3) is 0 Å². The molecule has 1 aliphatic carbocycles. The summed E-state index contributed by atoms with van der Waals surface area (Å²) in [5.41, 5.74) is 0. The second kappa shape index (κ2) is 14.3. The monoisotopic (exact) mass is 496 g/mol. The first-order valence-corrected chi connectivity index (χ1v) is 15.5. The minimum atomic E-state index is -2.72. The number of amides is 3. The topological polar surface area (TPSA) is 94.2 Å². The smallest absolute Gasteiger partial charge is 0.374 e. The van der Waals surface area contributed by atoms with Crippen molar-refractivity contribution in [3.05, 3.63) is 0 Å². The van der Waals surface area contributed by atoms with Crippen LogP contribution in [0, 0.1) is 0 Å². The number of hydrogen-bond donors (Lipinski definition) is 1. The number of carbonyl (C=O) groups is 3. The van der Waals surface area contributed by atoms with E-state index in [9.17, 15) is 14.4 Å². The van der Waals surface area contributed by atoms with Gasteiger partial charge in [-0.1, -0.05) is 38.5 Å². The lowest BCUT2D eigenvalue weighted by molar-refractivity contribution is -0.138. The van der Waals surface area contributed by atoms with Crippen LogP contribution >= 0.6 is 0 Å². The van der Waals surface area contributed by atoms with Crippen LogP contribution in [0.2, 0.25) is 6.04 Å². The van der Waals surface area contributed by atoms with Crippen molar-refractivity contribution >= 4 is 26.5 Å². The zero-order valence-corrected chi connectivity index (χ0v) is 22.0. The molecule has 3 rings (SSSR count). The van der Waals surface area contributed by atoms with Gasteiger partial charge in [-0.05, 0) is 45.4 Å². The van der Waals surface area contributed by atoms with Gasteiger partial charge in [0.25, 0.3) is 0 Å². The first-order valence-electron chi connectivity index (χ1n) is 13.6. The third-order valence-corrected chi connectivity index (χ3v) is 10.1. The molecule has 0 spiro atoms. The number of hydrogen-bond acceptors (Lipinski definition) is 6. The predicted octanol–water partition coefficient (Wildman–Crippen LogP) is 4.10. The number of nitrogens with zero attached hydrogens (tertiary/aromatic N) is 1. The summed E-state index contributed by atoms with van der Waals surface area (Å²) in [6.45, 7) is 3.66. The van der Waals surface area contributed by atoms with Gasteiger partial charge in [0.05, 0.1) is 12.2 Å². The highest BCUT2D eigenvalue weighted by atomic mass is 28.4. The Kier molecular flexibility index (Phi) is 11.5. The average molecular weight is 497 g/mol. The summed E-state index contributed by atoms with van der Waals surface area (Å²) in [6.07, 6.45) is 14.3. The second-order valence-electron chi connectivity index (χ2n) is 9.88. The van der Waals surface area contributed by atoms with Crippen LogP contribution in [0.4, 0.5) is 0 Å². The normalized spacial score (nSPS) is 28.2. The Labute approximate surface area is 205 Å². The fraction of sp³-hybridized carbons (Fsp3) is 0.880. The molecule has 9 heteroatoms. The van der Waals surface area contributed by atoms with E-state index in [0.29, 0.717) is 39.0 Å². The van der Waals surface area contributed by atoms with Gasteiger partial charge in [0.15, 0.2) is 0 Å². The highest BCUT2D eigenvalue weighted by Crippen LogP contribution is 2.34. The van der Waals surface area contributed by atoms with Crippen molar-refractivity contribution < 1.29 is 27.7 Å². The van der Waals surface area contributed by atoms with Gasteiger partial charge in [-0.2, -0.15) is 0 Å². The molecule has 3 aliphatic rings. The number of nitrogens with one attached hydrogen (secondary N) is 1. The average Bonchev–Trinajstić information content (AvgIpc) is 3.13. The molecule has 2 bridgehead atoms. The van der Waals surface area contributed by atoms with Crippen LogP contribution in [-0.2, 0) is 27.7 Å². The quantitative estimate of drug-likeness (QED) is 0.248. The molecule has 0 radical (unpaired) electrons. The zero-order valence-electron chi connectivity index (χ0n) is 21.0. The zero-order chi connectivity index (χ0) is 24.2. The van der Waals surface area contributed by atoms with Crippen LogP contribution in [0.1, 0.15) is 103 Å². The Bertz CT molecular complexity index is 644. The molecule has 194 valence electrons. The van der Waals surface area contributed by atoms with E-state index in [1.54, 1.807) is 0 Å². The number of carbonyl (C=O) groups excluding carboxylic acids is 3. The minimum Gasteiger partial charge on any atom is -0.374 e. The first kappa shape index (κ1) is 27.3. The lowest BCUT2D eigenvalue weighted by Crippen LogP contribution is -2.55. The molecule has 0 aromatic heterocycles. The van der Waals surface area contributed by atoms with Gasteiger partial charge in [0, 0.05) is 45.0 Å². The summed E-state index contributed by atoms with van der Waals surface area (Å²) >= 11 is 0. The maximum Gasteiger partial charge on any atom is 0.501 e. The van der Waals surface area contributed by atoms with Crippen LogP contribution in [0.15, 0.2) is 0 Å². The van der Waals surface area contributed by atoms with Gasteiger partial charge < -0.3 is 18.6 Å². The molecule has 2 heterocycles. The molecule has 34 heavy (non-hydrogen) atoms. The standard InChI is InChI=1S/C25H44N2O6Si/c1-2-31-34(32-21-12-7-4-3-5-8-13-22(20-21)33-34)19-11-17-26-23(28)14-9-6-10-18-27-24(29)15-16-25(27)30/h21-22H,2-20H2,1H3,(H,26,28). The fourth-order valence-electron chi connectivity index (χ4n) is 5.26. The molecule has 1 saturated carbocycles. The molecule has 0 aromatic rings. The van der Waals surface area contributed by atoms with E-state index in [2.05, 4.69) is 5.32 Å². The SMILES string of the molecule is CCO[Si]1(CCCNC(=O)CCCCCN2C(=O)CCC2=O)OC2CCCCCCCC(C2)O1. The molecule has 1 N–H and O–H groups in total.